The summed E-state index contributed by atoms with van der Waals surface area (Å²) in [5, 5.41) is 0. The lowest BCUT2D eigenvalue weighted by molar-refractivity contribution is -0.0980. The molecule has 0 aromatic heterocycles. The standard InChI is InChI=1S/C14H22N2.C11H14O.CH2O.H2/c1-3-14(2)8-10-16(11-9-14)13-7-5-4-6-12(13)15;1-8-4-5-9-7-11(2,3)12-10(9)6-8;1-2;/h4-7H,3,8-11,15H2,1-2H3;4-6H,7H2,1-3H3;1H2;1H. The number of para-hydroxylation sites is 2. The van der Waals surface area contributed by atoms with Gasteiger partial charge in [0, 0.05) is 20.9 Å². The fraction of sp³-hybridized carbons (Fsp3) is 0.500. The third-order valence-corrected chi connectivity index (χ3v) is 6.33. The molecular weight excluding hydrogens is 372 g/mol. The molecule has 4 heteroatoms. The number of nitrogens with zero attached hydrogens (tertiary/aromatic N) is 1. The third-order valence-electron chi connectivity index (χ3n) is 6.33. The van der Waals surface area contributed by atoms with Crippen LogP contribution in [0.1, 0.15) is 59.5 Å². The summed E-state index contributed by atoms with van der Waals surface area (Å²) in [6, 6.07) is 14.6. The maximum Gasteiger partial charge on any atom is 0.123 e. The Balaban J connectivity index is 0.000000287. The van der Waals surface area contributed by atoms with Crippen molar-refractivity contribution in [1.82, 2.24) is 0 Å². The van der Waals surface area contributed by atoms with E-state index in [1.54, 1.807) is 0 Å². The number of carbonyl (C=O) groups is 1. The van der Waals surface area contributed by atoms with Gasteiger partial charge in [0.15, 0.2) is 0 Å². The average molecular weight is 413 g/mol. The number of anilines is 2. The molecule has 0 spiro atoms. The molecule has 2 aliphatic heterocycles. The maximum atomic E-state index is 8.00. The molecule has 0 unspecified atom stereocenters. The van der Waals surface area contributed by atoms with Gasteiger partial charge in [0.2, 0.25) is 0 Å². The predicted molar refractivity (Wildman–Crippen MR) is 130 cm³/mol. The molecule has 2 aliphatic rings. The highest BCUT2D eigenvalue weighted by molar-refractivity contribution is 5.67. The van der Waals surface area contributed by atoms with Crippen LogP contribution in [0.4, 0.5) is 11.4 Å². The molecule has 2 heterocycles. The number of piperidine rings is 1. The zero-order valence-electron chi connectivity index (χ0n) is 19.3. The minimum atomic E-state index is -0.00384. The van der Waals surface area contributed by atoms with Gasteiger partial charge in [-0.05, 0) is 68.4 Å². The van der Waals surface area contributed by atoms with Crippen LogP contribution in [-0.4, -0.2) is 25.5 Å². The lowest BCUT2D eigenvalue weighted by atomic mass is 9.78. The fourth-order valence-corrected chi connectivity index (χ4v) is 4.11. The molecule has 4 nitrogen and oxygen atoms in total. The molecule has 0 aliphatic carbocycles. The van der Waals surface area contributed by atoms with Crippen LogP contribution < -0.4 is 15.4 Å². The van der Waals surface area contributed by atoms with Crippen molar-refractivity contribution in [2.75, 3.05) is 23.7 Å². The molecule has 0 amide bonds. The predicted octanol–water partition coefficient (Wildman–Crippen LogP) is 6.05. The number of nitrogens with two attached hydrogens (primary N) is 1. The Hall–Kier alpha value is -2.49. The van der Waals surface area contributed by atoms with Crippen molar-refractivity contribution < 1.29 is 11.0 Å². The minimum absolute atomic E-state index is 0. The van der Waals surface area contributed by atoms with Gasteiger partial charge in [-0.2, -0.15) is 0 Å². The van der Waals surface area contributed by atoms with E-state index in [-0.39, 0.29) is 7.03 Å². The molecule has 0 atom stereocenters. The van der Waals surface area contributed by atoms with Gasteiger partial charge < -0.3 is 20.2 Å². The summed E-state index contributed by atoms with van der Waals surface area (Å²) >= 11 is 0. The van der Waals surface area contributed by atoms with E-state index in [4.69, 9.17) is 15.3 Å². The van der Waals surface area contributed by atoms with Crippen LogP contribution in [0.2, 0.25) is 0 Å². The Morgan fingerprint density at radius 1 is 1.10 bits per heavy atom. The summed E-state index contributed by atoms with van der Waals surface area (Å²) in [6.45, 7) is 15.3. The van der Waals surface area contributed by atoms with Crippen LogP contribution in [0.5, 0.6) is 5.75 Å². The monoisotopic (exact) mass is 412 g/mol. The molecule has 2 N–H and O–H groups in total. The Morgan fingerprint density at radius 3 is 2.33 bits per heavy atom. The normalized spacial score (nSPS) is 18.1. The first kappa shape index (κ1) is 23.8. The zero-order chi connectivity index (χ0) is 22.4. The second-order valence-electron chi connectivity index (χ2n) is 9.36. The van der Waals surface area contributed by atoms with E-state index in [0.717, 1.165) is 30.9 Å². The van der Waals surface area contributed by atoms with E-state index in [1.807, 2.05) is 18.9 Å². The first-order valence-electron chi connectivity index (χ1n) is 10.9. The quantitative estimate of drug-likeness (QED) is 0.610. The van der Waals surface area contributed by atoms with Crippen molar-refractivity contribution in [3.63, 3.8) is 0 Å². The molecule has 166 valence electrons. The number of carbonyl (C=O) groups excluding carboxylic acids is 1. The van der Waals surface area contributed by atoms with E-state index in [0.29, 0.717) is 5.41 Å². The summed E-state index contributed by atoms with van der Waals surface area (Å²) in [4.78, 5) is 10.4. The molecular formula is C26H40N2O2. The lowest BCUT2D eigenvalue weighted by Crippen LogP contribution is -2.38. The Bertz CT molecular complexity index is 830. The molecule has 0 bridgehead atoms. The Labute approximate surface area is 183 Å². The first-order chi connectivity index (χ1) is 14.2. The largest absolute Gasteiger partial charge is 0.487 e. The molecule has 2 aromatic carbocycles. The van der Waals surface area contributed by atoms with Gasteiger partial charge in [0.1, 0.15) is 18.1 Å². The van der Waals surface area contributed by atoms with Crippen LogP contribution in [0.3, 0.4) is 0 Å². The van der Waals surface area contributed by atoms with Crippen LogP contribution in [0.15, 0.2) is 42.5 Å². The highest BCUT2D eigenvalue weighted by Crippen LogP contribution is 2.37. The summed E-state index contributed by atoms with van der Waals surface area (Å²) in [5.74, 6) is 1.07. The summed E-state index contributed by atoms with van der Waals surface area (Å²) in [5.41, 5.74) is 11.3. The third kappa shape index (κ3) is 6.01. The molecule has 1 fully saturated rings. The number of ether oxygens (including phenoxy) is 1. The average Bonchev–Trinajstić information content (AvgIpc) is 3.04. The zero-order valence-corrected chi connectivity index (χ0v) is 19.3. The van der Waals surface area contributed by atoms with Crippen LogP contribution in [0, 0.1) is 12.3 Å². The number of fused-ring (bicyclic) bond motifs is 1. The number of nitrogen functional groups attached to an aromatic ring is 1. The van der Waals surface area contributed by atoms with Crippen molar-refractivity contribution in [3.05, 3.63) is 53.6 Å². The second kappa shape index (κ2) is 10.0. The van der Waals surface area contributed by atoms with Crippen molar-refractivity contribution in [2.24, 2.45) is 5.41 Å². The van der Waals surface area contributed by atoms with Crippen LogP contribution in [-0.2, 0) is 11.2 Å². The summed E-state index contributed by atoms with van der Waals surface area (Å²) < 4.78 is 5.78. The first-order valence-corrected chi connectivity index (χ1v) is 10.9. The number of benzene rings is 2. The highest BCUT2D eigenvalue weighted by atomic mass is 16.5. The molecule has 1 saturated heterocycles. The lowest BCUT2D eigenvalue weighted by Gasteiger charge is -2.40. The highest BCUT2D eigenvalue weighted by Gasteiger charge is 2.30. The summed E-state index contributed by atoms with van der Waals surface area (Å²) in [7, 11) is 0. The number of rotatable bonds is 2. The van der Waals surface area contributed by atoms with Crippen LogP contribution in [0.25, 0.3) is 0 Å². The molecule has 2 aromatic rings. The van der Waals surface area contributed by atoms with Gasteiger partial charge in [0.05, 0.1) is 11.4 Å². The Morgan fingerprint density at radius 2 is 1.73 bits per heavy atom. The molecule has 0 radical (unpaired) electrons. The van der Waals surface area contributed by atoms with Gasteiger partial charge in [-0.15, -0.1) is 0 Å². The van der Waals surface area contributed by atoms with Crippen molar-refractivity contribution in [3.8, 4) is 5.75 Å². The van der Waals surface area contributed by atoms with E-state index in [1.165, 1.54) is 36.1 Å². The smallest absolute Gasteiger partial charge is 0.123 e. The molecule has 4 rings (SSSR count). The van der Waals surface area contributed by atoms with Gasteiger partial charge in [0.25, 0.3) is 0 Å². The molecule has 0 saturated carbocycles. The van der Waals surface area contributed by atoms with Crippen molar-refractivity contribution in [2.45, 2.75) is 65.9 Å². The minimum Gasteiger partial charge on any atom is -0.487 e. The van der Waals surface area contributed by atoms with E-state index < -0.39 is 0 Å². The van der Waals surface area contributed by atoms with Crippen LogP contribution >= 0.6 is 0 Å². The SMILES string of the molecule is C=O.CCC1(C)CCN(c2ccccc2N)CC1.Cc1ccc2c(c1)OC(C)(C)C2.[HH]. The maximum absolute atomic E-state index is 8.00. The van der Waals surface area contributed by atoms with Gasteiger partial charge in [-0.1, -0.05) is 44.5 Å². The van der Waals surface area contributed by atoms with Crippen molar-refractivity contribution in [1.29, 1.82) is 0 Å². The summed E-state index contributed by atoms with van der Waals surface area (Å²) in [6.07, 6.45) is 4.86. The van der Waals surface area contributed by atoms with E-state index >= 15 is 0 Å². The number of hydrogen-bond donors (Lipinski definition) is 1. The molecule has 30 heavy (non-hydrogen) atoms. The number of aryl methyl sites for hydroxylation is 1. The van der Waals surface area contributed by atoms with Crippen molar-refractivity contribution >= 4 is 18.2 Å². The van der Waals surface area contributed by atoms with E-state index in [9.17, 15) is 0 Å². The fourth-order valence-electron chi connectivity index (χ4n) is 4.11. The Kier molecular flexibility index (Phi) is 7.94. The van der Waals surface area contributed by atoms with Gasteiger partial charge in [-0.3, -0.25) is 0 Å². The topological polar surface area (TPSA) is 55.6 Å². The number of hydrogen-bond acceptors (Lipinski definition) is 4. The van der Waals surface area contributed by atoms with Gasteiger partial charge >= 0.3 is 0 Å². The van der Waals surface area contributed by atoms with E-state index in [2.05, 4.69) is 69.9 Å². The van der Waals surface area contributed by atoms with Gasteiger partial charge in [-0.25, -0.2) is 0 Å². The second-order valence-corrected chi connectivity index (χ2v) is 9.36.